The minimum Gasteiger partial charge on any atom is -0.398 e. The van der Waals surface area contributed by atoms with E-state index in [1.807, 2.05) is 6.07 Å². The summed E-state index contributed by atoms with van der Waals surface area (Å²) in [6.07, 6.45) is 6.31. The molecule has 0 amide bonds. The molecule has 3 heterocycles. The molecule has 3 rings (SSSR count). The van der Waals surface area contributed by atoms with Crippen molar-refractivity contribution in [1.82, 2.24) is 15.0 Å². The number of nitrogens with two attached hydrogens (primary N) is 1. The first-order valence-electron chi connectivity index (χ1n) is 7.90. The van der Waals surface area contributed by atoms with Gasteiger partial charge in [0.15, 0.2) is 0 Å². The molecule has 1 atom stereocenters. The molecule has 5 N–H and O–H groups in total. The van der Waals surface area contributed by atoms with Gasteiger partial charge in [0.1, 0.15) is 23.8 Å². The van der Waals surface area contributed by atoms with Crippen molar-refractivity contribution in [2.24, 2.45) is 5.92 Å². The van der Waals surface area contributed by atoms with Crippen LogP contribution in [0.4, 0.5) is 23.1 Å². The smallest absolute Gasteiger partial charge is 0.137 e. The van der Waals surface area contributed by atoms with Crippen LogP contribution in [0.5, 0.6) is 0 Å². The average Bonchev–Trinajstić information content (AvgIpc) is 2.62. The van der Waals surface area contributed by atoms with E-state index in [0.717, 1.165) is 31.7 Å². The van der Waals surface area contributed by atoms with Crippen molar-refractivity contribution in [3.05, 3.63) is 30.2 Å². The Morgan fingerprint density at radius 2 is 2.17 bits per heavy atom. The summed E-state index contributed by atoms with van der Waals surface area (Å²) < 4.78 is 0. The third kappa shape index (κ3) is 3.60. The monoisotopic (exact) mass is 327 g/mol. The number of nitrogen functional groups attached to an aromatic ring is 1. The van der Waals surface area contributed by atoms with Gasteiger partial charge < -0.3 is 26.5 Å². The van der Waals surface area contributed by atoms with E-state index in [0.29, 0.717) is 28.8 Å². The molecule has 0 aromatic carbocycles. The second kappa shape index (κ2) is 7.22. The van der Waals surface area contributed by atoms with Gasteiger partial charge in [0.2, 0.25) is 0 Å². The first kappa shape index (κ1) is 16.1. The van der Waals surface area contributed by atoms with Gasteiger partial charge in [-0.05, 0) is 18.8 Å². The van der Waals surface area contributed by atoms with Crippen molar-refractivity contribution in [2.75, 3.05) is 35.6 Å². The van der Waals surface area contributed by atoms with E-state index < -0.39 is 0 Å². The maximum absolute atomic E-state index is 9.37. The number of rotatable bonds is 5. The predicted octanol–water partition coefficient (Wildman–Crippen LogP) is 1.40. The summed E-state index contributed by atoms with van der Waals surface area (Å²) >= 11 is 0. The third-order valence-corrected chi connectivity index (χ3v) is 4.13. The van der Waals surface area contributed by atoms with Crippen LogP contribution in [0, 0.1) is 11.3 Å². The topological polar surface area (TPSA) is 124 Å². The molecular formula is C16H21N7O. The molecular weight excluding hydrogens is 306 g/mol. The number of nitrogens with zero attached hydrogens (tertiary/aromatic N) is 4. The molecule has 8 heteroatoms. The van der Waals surface area contributed by atoms with Crippen molar-refractivity contribution in [3.8, 4) is 0 Å². The van der Waals surface area contributed by atoms with Gasteiger partial charge in [-0.25, -0.2) is 15.0 Å². The maximum atomic E-state index is 9.37. The Kier molecular flexibility index (Phi) is 4.85. The highest BCUT2D eigenvalue weighted by molar-refractivity contribution is 5.85. The number of aromatic nitrogens is 3. The Morgan fingerprint density at radius 3 is 2.92 bits per heavy atom. The van der Waals surface area contributed by atoms with Gasteiger partial charge in [0.25, 0.3) is 0 Å². The van der Waals surface area contributed by atoms with Crippen LogP contribution in [0.25, 0.3) is 0 Å². The lowest BCUT2D eigenvalue weighted by Gasteiger charge is -2.32. The second-order valence-corrected chi connectivity index (χ2v) is 5.87. The van der Waals surface area contributed by atoms with Gasteiger partial charge in [-0.2, -0.15) is 0 Å². The molecule has 2 aromatic heterocycles. The van der Waals surface area contributed by atoms with Crippen LogP contribution in [0.1, 0.15) is 18.4 Å². The number of hydrogen-bond acceptors (Lipinski definition) is 8. The molecule has 0 saturated carbocycles. The highest BCUT2D eigenvalue weighted by atomic mass is 16.3. The normalized spacial score (nSPS) is 17.5. The van der Waals surface area contributed by atoms with Gasteiger partial charge in [0.05, 0.1) is 0 Å². The van der Waals surface area contributed by atoms with Crippen molar-refractivity contribution in [3.63, 3.8) is 0 Å². The summed E-state index contributed by atoms with van der Waals surface area (Å²) in [4.78, 5) is 14.9. The number of anilines is 4. The second-order valence-electron chi connectivity index (χ2n) is 5.87. The van der Waals surface area contributed by atoms with Crippen molar-refractivity contribution < 1.29 is 5.11 Å². The van der Waals surface area contributed by atoms with Crippen LogP contribution in [-0.2, 0) is 0 Å². The molecule has 126 valence electrons. The molecule has 2 aromatic rings. The van der Waals surface area contributed by atoms with Gasteiger partial charge in [-0.1, -0.05) is 0 Å². The largest absolute Gasteiger partial charge is 0.398 e. The highest BCUT2D eigenvalue weighted by Gasteiger charge is 2.20. The molecule has 1 fully saturated rings. The first-order valence-corrected chi connectivity index (χ1v) is 7.90. The molecule has 0 radical (unpaired) electrons. The molecule has 1 saturated heterocycles. The summed E-state index contributed by atoms with van der Waals surface area (Å²) in [6, 6.07) is 3.53. The average molecular weight is 327 g/mol. The van der Waals surface area contributed by atoms with E-state index in [2.05, 4.69) is 25.2 Å². The molecule has 1 aliphatic heterocycles. The summed E-state index contributed by atoms with van der Waals surface area (Å²) in [5.41, 5.74) is 6.93. The van der Waals surface area contributed by atoms with E-state index in [4.69, 9.17) is 11.1 Å². The molecule has 24 heavy (non-hydrogen) atoms. The van der Waals surface area contributed by atoms with Crippen molar-refractivity contribution in [1.29, 1.82) is 5.41 Å². The number of aliphatic hydroxyl groups excluding tert-OH is 1. The van der Waals surface area contributed by atoms with E-state index in [9.17, 15) is 5.11 Å². The molecule has 0 spiro atoms. The Balaban J connectivity index is 1.75. The minimum absolute atomic E-state index is 0.204. The summed E-state index contributed by atoms with van der Waals surface area (Å²) in [5, 5.41) is 19.7. The van der Waals surface area contributed by atoms with Gasteiger partial charge in [0, 0.05) is 55.5 Å². The Hall–Kier alpha value is -2.74. The van der Waals surface area contributed by atoms with Crippen LogP contribution in [0.2, 0.25) is 0 Å². The summed E-state index contributed by atoms with van der Waals surface area (Å²) in [5.74, 6) is 2.31. The molecule has 8 nitrogen and oxygen atoms in total. The fraction of sp³-hybridized carbons (Fsp3) is 0.375. The lowest BCUT2D eigenvalue weighted by Crippen LogP contribution is -2.37. The van der Waals surface area contributed by atoms with E-state index >= 15 is 0 Å². The summed E-state index contributed by atoms with van der Waals surface area (Å²) in [6.45, 7) is 1.92. The number of nitrogens with one attached hydrogen (secondary N) is 2. The van der Waals surface area contributed by atoms with Crippen molar-refractivity contribution in [2.45, 2.75) is 12.8 Å². The number of aliphatic hydroxyl groups is 1. The zero-order valence-corrected chi connectivity index (χ0v) is 13.3. The summed E-state index contributed by atoms with van der Waals surface area (Å²) in [7, 11) is 0. The number of piperidine rings is 1. The maximum Gasteiger partial charge on any atom is 0.137 e. The lowest BCUT2D eigenvalue weighted by molar-refractivity contribution is 0.208. The van der Waals surface area contributed by atoms with Crippen LogP contribution in [-0.4, -0.2) is 46.0 Å². The number of pyridine rings is 1. The van der Waals surface area contributed by atoms with Gasteiger partial charge in [-0.3, -0.25) is 0 Å². The van der Waals surface area contributed by atoms with Crippen LogP contribution >= 0.6 is 0 Å². The third-order valence-electron chi connectivity index (χ3n) is 4.13. The highest BCUT2D eigenvalue weighted by Crippen LogP contribution is 2.24. The molecule has 0 aliphatic carbocycles. The Bertz CT molecular complexity index is 721. The van der Waals surface area contributed by atoms with Crippen LogP contribution in [0.15, 0.2) is 24.7 Å². The standard InChI is InChI=1S/C16H21N7O/c17-6-12-7-19-14(4-13(12)18)22-15-5-16(21-10-20-15)23-3-1-2-11(8-23)9-24/h4-7,10-11,17,24H,1-3,8-9H2,(H3,18,19,20,21,22)/t11-/m0/s1. The van der Waals surface area contributed by atoms with E-state index in [1.165, 1.54) is 12.5 Å². The Labute approximate surface area is 140 Å². The van der Waals surface area contributed by atoms with E-state index in [1.54, 1.807) is 12.3 Å². The zero-order chi connectivity index (χ0) is 16.9. The number of hydrogen-bond donors (Lipinski definition) is 4. The zero-order valence-electron chi connectivity index (χ0n) is 13.3. The SMILES string of the molecule is N=Cc1cnc(Nc2cc(N3CCC[C@H](CO)C3)ncn2)cc1N. The molecule has 0 unspecified atom stereocenters. The fourth-order valence-electron chi connectivity index (χ4n) is 2.81. The van der Waals surface area contributed by atoms with Crippen LogP contribution in [0.3, 0.4) is 0 Å². The molecule has 0 bridgehead atoms. The van der Waals surface area contributed by atoms with Gasteiger partial charge in [-0.15, -0.1) is 0 Å². The Morgan fingerprint density at radius 1 is 1.33 bits per heavy atom. The first-order chi connectivity index (χ1) is 11.7. The fourth-order valence-corrected chi connectivity index (χ4v) is 2.81. The molecule has 1 aliphatic rings. The quantitative estimate of drug-likeness (QED) is 0.612. The predicted molar refractivity (Wildman–Crippen MR) is 93.9 cm³/mol. The van der Waals surface area contributed by atoms with Crippen molar-refractivity contribution >= 4 is 29.4 Å². The van der Waals surface area contributed by atoms with E-state index in [-0.39, 0.29) is 6.61 Å². The minimum atomic E-state index is 0.204. The lowest BCUT2D eigenvalue weighted by atomic mass is 9.99. The van der Waals surface area contributed by atoms with Gasteiger partial charge >= 0.3 is 0 Å². The van der Waals surface area contributed by atoms with Crippen LogP contribution < -0.4 is 16.0 Å².